The number of amides is 1. The molecule has 1 heterocycles. The summed E-state index contributed by atoms with van der Waals surface area (Å²) >= 11 is 0. The lowest BCUT2D eigenvalue weighted by atomic mass is 10.2. The van der Waals surface area contributed by atoms with Gasteiger partial charge in [-0.1, -0.05) is 6.92 Å². The molecule has 1 saturated heterocycles. The van der Waals surface area contributed by atoms with Gasteiger partial charge in [-0.05, 0) is 19.8 Å². The minimum atomic E-state index is -0.127. The van der Waals surface area contributed by atoms with E-state index in [4.69, 9.17) is 9.47 Å². The van der Waals surface area contributed by atoms with Gasteiger partial charge in [-0.15, -0.1) is 0 Å². The Labute approximate surface area is 85.0 Å². The molecular formula is C10H19NO3. The van der Waals surface area contributed by atoms with Crippen LogP contribution in [0.4, 0.5) is 0 Å². The van der Waals surface area contributed by atoms with E-state index >= 15 is 0 Å². The van der Waals surface area contributed by atoms with E-state index in [1.54, 1.807) is 0 Å². The highest BCUT2D eigenvalue weighted by Gasteiger charge is 2.21. The van der Waals surface area contributed by atoms with E-state index in [0.717, 1.165) is 12.8 Å². The Morgan fingerprint density at radius 1 is 1.50 bits per heavy atom. The highest BCUT2D eigenvalue weighted by Crippen LogP contribution is 2.09. The summed E-state index contributed by atoms with van der Waals surface area (Å²) in [4.78, 5) is 10.9. The fourth-order valence-corrected chi connectivity index (χ4v) is 1.50. The smallest absolute Gasteiger partial charge is 0.220 e. The van der Waals surface area contributed by atoms with Crippen molar-refractivity contribution in [2.24, 2.45) is 0 Å². The third kappa shape index (κ3) is 3.64. The molecule has 0 saturated carbocycles. The summed E-state index contributed by atoms with van der Waals surface area (Å²) in [5.41, 5.74) is 0. The highest BCUT2D eigenvalue weighted by atomic mass is 16.7. The highest BCUT2D eigenvalue weighted by molar-refractivity contribution is 5.78. The molecule has 0 bridgehead atoms. The standard InChI is InChI=1S/C10H19NO3/c1-3-10(13-4-2)14-7-8-5-6-9(12)11-8/h8,10H,3-7H2,1-2H3,(H,11,12)/t8-,10?/m0/s1. The first-order chi connectivity index (χ1) is 6.76. The van der Waals surface area contributed by atoms with Crippen molar-refractivity contribution in [2.45, 2.75) is 45.4 Å². The van der Waals surface area contributed by atoms with E-state index < -0.39 is 0 Å². The predicted octanol–water partition coefficient (Wildman–Crippen LogP) is 1.05. The number of carbonyl (C=O) groups is 1. The van der Waals surface area contributed by atoms with E-state index in [9.17, 15) is 4.79 Å². The van der Waals surface area contributed by atoms with Crippen molar-refractivity contribution in [3.05, 3.63) is 0 Å². The van der Waals surface area contributed by atoms with Gasteiger partial charge in [0.25, 0.3) is 0 Å². The van der Waals surface area contributed by atoms with Crippen LogP contribution in [0, 0.1) is 0 Å². The lowest BCUT2D eigenvalue weighted by Gasteiger charge is -2.18. The van der Waals surface area contributed by atoms with Crippen LogP contribution in [-0.2, 0) is 14.3 Å². The van der Waals surface area contributed by atoms with Crippen LogP contribution in [0.5, 0.6) is 0 Å². The number of nitrogens with one attached hydrogen (secondary N) is 1. The van der Waals surface area contributed by atoms with Gasteiger partial charge in [-0.3, -0.25) is 4.79 Å². The van der Waals surface area contributed by atoms with E-state index in [0.29, 0.717) is 19.6 Å². The molecule has 1 aliphatic rings. The Kier molecular flexibility index (Phi) is 4.90. The molecule has 82 valence electrons. The minimum Gasteiger partial charge on any atom is -0.353 e. The van der Waals surface area contributed by atoms with Crippen LogP contribution < -0.4 is 5.32 Å². The fraction of sp³-hybridized carbons (Fsp3) is 0.900. The summed E-state index contributed by atoms with van der Waals surface area (Å²) in [5.74, 6) is 0.128. The van der Waals surface area contributed by atoms with Crippen LogP contribution >= 0.6 is 0 Å². The van der Waals surface area contributed by atoms with Crippen molar-refractivity contribution in [3.63, 3.8) is 0 Å². The summed E-state index contributed by atoms with van der Waals surface area (Å²) in [6, 6.07) is 0.178. The molecule has 4 heteroatoms. The molecule has 0 aliphatic carbocycles. The molecule has 1 unspecified atom stereocenters. The molecule has 0 spiro atoms. The normalized spacial score (nSPS) is 23.6. The topological polar surface area (TPSA) is 47.6 Å². The monoisotopic (exact) mass is 201 g/mol. The average Bonchev–Trinajstić information content (AvgIpc) is 2.59. The van der Waals surface area contributed by atoms with E-state index in [-0.39, 0.29) is 18.2 Å². The van der Waals surface area contributed by atoms with Gasteiger partial charge in [-0.2, -0.15) is 0 Å². The number of carbonyl (C=O) groups excluding carboxylic acids is 1. The van der Waals surface area contributed by atoms with Gasteiger partial charge in [0.05, 0.1) is 12.6 Å². The first-order valence-corrected chi connectivity index (χ1v) is 5.28. The molecule has 14 heavy (non-hydrogen) atoms. The first-order valence-electron chi connectivity index (χ1n) is 5.28. The van der Waals surface area contributed by atoms with Gasteiger partial charge in [0.2, 0.25) is 5.91 Å². The van der Waals surface area contributed by atoms with Gasteiger partial charge in [0.15, 0.2) is 6.29 Å². The van der Waals surface area contributed by atoms with Crippen LogP contribution in [-0.4, -0.2) is 31.5 Å². The molecule has 0 radical (unpaired) electrons. The molecule has 1 N–H and O–H groups in total. The Hall–Kier alpha value is -0.610. The van der Waals surface area contributed by atoms with E-state index in [1.165, 1.54) is 0 Å². The Balaban J connectivity index is 2.15. The molecule has 1 rings (SSSR count). The maximum absolute atomic E-state index is 10.9. The summed E-state index contributed by atoms with van der Waals surface area (Å²) in [5, 5.41) is 2.86. The van der Waals surface area contributed by atoms with Crippen LogP contribution in [0.1, 0.15) is 33.1 Å². The van der Waals surface area contributed by atoms with Gasteiger partial charge in [0, 0.05) is 13.0 Å². The second-order valence-electron chi connectivity index (χ2n) is 3.43. The van der Waals surface area contributed by atoms with Crippen LogP contribution in [0.15, 0.2) is 0 Å². The largest absolute Gasteiger partial charge is 0.353 e. The van der Waals surface area contributed by atoms with Crippen molar-refractivity contribution in [1.29, 1.82) is 0 Å². The van der Waals surface area contributed by atoms with Crippen molar-refractivity contribution in [1.82, 2.24) is 5.32 Å². The van der Waals surface area contributed by atoms with Crippen LogP contribution in [0.3, 0.4) is 0 Å². The maximum atomic E-state index is 10.9. The summed E-state index contributed by atoms with van der Waals surface area (Å²) in [6.45, 7) is 5.19. The summed E-state index contributed by atoms with van der Waals surface area (Å²) in [7, 11) is 0. The van der Waals surface area contributed by atoms with Gasteiger partial charge in [-0.25, -0.2) is 0 Å². The molecule has 1 fully saturated rings. The number of hydrogen-bond acceptors (Lipinski definition) is 3. The Morgan fingerprint density at radius 2 is 2.29 bits per heavy atom. The molecule has 2 atom stereocenters. The molecule has 1 aliphatic heterocycles. The summed E-state index contributed by atoms with van der Waals surface area (Å²) < 4.78 is 10.9. The molecular weight excluding hydrogens is 182 g/mol. The SMILES string of the molecule is CCOC(CC)OC[C@@H]1CCC(=O)N1. The zero-order valence-corrected chi connectivity index (χ0v) is 8.91. The molecule has 1 amide bonds. The lowest BCUT2D eigenvalue weighted by molar-refractivity contribution is -0.144. The number of hydrogen-bond donors (Lipinski definition) is 1. The van der Waals surface area contributed by atoms with Gasteiger partial charge >= 0.3 is 0 Å². The first kappa shape index (κ1) is 11.5. The third-order valence-electron chi connectivity index (χ3n) is 2.25. The van der Waals surface area contributed by atoms with Crippen molar-refractivity contribution < 1.29 is 14.3 Å². The molecule has 0 aromatic rings. The predicted molar refractivity (Wildman–Crippen MR) is 52.8 cm³/mol. The van der Waals surface area contributed by atoms with E-state index in [1.807, 2.05) is 13.8 Å². The zero-order valence-electron chi connectivity index (χ0n) is 8.91. The van der Waals surface area contributed by atoms with Crippen molar-refractivity contribution in [2.75, 3.05) is 13.2 Å². The van der Waals surface area contributed by atoms with Gasteiger partial charge < -0.3 is 14.8 Å². The number of rotatable bonds is 6. The lowest BCUT2D eigenvalue weighted by Crippen LogP contribution is -2.32. The third-order valence-corrected chi connectivity index (χ3v) is 2.25. The second-order valence-corrected chi connectivity index (χ2v) is 3.43. The average molecular weight is 201 g/mol. The van der Waals surface area contributed by atoms with Crippen LogP contribution in [0.2, 0.25) is 0 Å². The fourth-order valence-electron chi connectivity index (χ4n) is 1.50. The quantitative estimate of drug-likeness (QED) is 0.653. The summed E-state index contributed by atoms with van der Waals surface area (Å²) in [6.07, 6.45) is 2.22. The zero-order chi connectivity index (χ0) is 10.4. The molecule has 4 nitrogen and oxygen atoms in total. The Bertz CT molecular complexity index is 184. The molecule has 0 aromatic heterocycles. The van der Waals surface area contributed by atoms with Crippen molar-refractivity contribution in [3.8, 4) is 0 Å². The second kappa shape index (κ2) is 5.98. The van der Waals surface area contributed by atoms with Gasteiger partial charge in [0.1, 0.15) is 0 Å². The molecule has 0 aromatic carbocycles. The van der Waals surface area contributed by atoms with Crippen LogP contribution in [0.25, 0.3) is 0 Å². The van der Waals surface area contributed by atoms with Crippen molar-refractivity contribution >= 4 is 5.91 Å². The minimum absolute atomic E-state index is 0.127. The number of ether oxygens (including phenoxy) is 2. The van der Waals surface area contributed by atoms with E-state index in [2.05, 4.69) is 5.32 Å². The maximum Gasteiger partial charge on any atom is 0.220 e. The Morgan fingerprint density at radius 3 is 2.79 bits per heavy atom.